The van der Waals surface area contributed by atoms with Crippen molar-refractivity contribution in [3.8, 4) is 0 Å². The molecule has 1 atom stereocenters. The van der Waals surface area contributed by atoms with Crippen LogP contribution in [0.2, 0.25) is 0 Å². The molecule has 2 aromatic rings. The summed E-state index contributed by atoms with van der Waals surface area (Å²) >= 11 is 0. The number of rotatable bonds is 6. The van der Waals surface area contributed by atoms with Gasteiger partial charge in [0.15, 0.2) is 0 Å². The molecule has 1 unspecified atom stereocenters. The smallest absolute Gasteiger partial charge is 0.330 e. The second-order valence-electron chi connectivity index (χ2n) is 6.53. The van der Waals surface area contributed by atoms with Crippen molar-refractivity contribution < 1.29 is 14.3 Å². The van der Waals surface area contributed by atoms with E-state index in [1.807, 2.05) is 30.3 Å². The second kappa shape index (κ2) is 8.68. The Morgan fingerprint density at radius 3 is 2.74 bits per heavy atom. The SMILES string of the molecule is CCOC(=O)/C=C/c1ccc(NC(=O)CN2CCn3cccc3C2C)cc1. The number of aromatic nitrogens is 1. The molecule has 0 fully saturated rings. The van der Waals surface area contributed by atoms with E-state index in [0.717, 1.165) is 24.3 Å². The van der Waals surface area contributed by atoms with Crippen LogP contribution in [0, 0.1) is 0 Å². The first kappa shape index (κ1) is 18.9. The van der Waals surface area contributed by atoms with Crippen LogP contribution in [-0.2, 0) is 20.9 Å². The summed E-state index contributed by atoms with van der Waals surface area (Å²) in [6.45, 7) is 6.37. The number of ether oxygens (including phenoxy) is 1. The van der Waals surface area contributed by atoms with E-state index in [9.17, 15) is 9.59 Å². The van der Waals surface area contributed by atoms with Crippen LogP contribution in [0.4, 0.5) is 5.69 Å². The lowest BCUT2D eigenvalue weighted by molar-refractivity contribution is -0.137. The molecule has 1 aromatic heterocycles. The Morgan fingerprint density at radius 2 is 2.00 bits per heavy atom. The van der Waals surface area contributed by atoms with Crippen LogP contribution in [0.1, 0.15) is 31.1 Å². The van der Waals surface area contributed by atoms with Crippen molar-refractivity contribution in [1.82, 2.24) is 9.47 Å². The Bertz CT molecular complexity index is 823. The fourth-order valence-electron chi connectivity index (χ4n) is 3.26. The van der Waals surface area contributed by atoms with Gasteiger partial charge in [0.25, 0.3) is 0 Å². The number of hydrogen-bond acceptors (Lipinski definition) is 4. The highest BCUT2D eigenvalue weighted by Gasteiger charge is 2.24. The zero-order valence-corrected chi connectivity index (χ0v) is 15.7. The van der Waals surface area contributed by atoms with E-state index in [2.05, 4.69) is 34.0 Å². The van der Waals surface area contributed by atoms with Gasteiger partial charge in [-0.15, -0.1) is 0 Å². The van der Waals surface area contributed by atoms with E-state index in [1.54, 1.807) is 13.0 Å². The van der Waals surface area contributed by atoms with E-state index in [4.69, 9.17) is 4.74 Å². The van der Waals surface area contributed by atoms with Crippen LogP contribution in [0.15, 0.2) is 48.7 Å². The lowest BCUT2D eigenvalue weighted by Gasteiger charge is -2.34. The van der Waals surface area contributed by atoms with Gasteiger partial charge >= 0.3 is 5.97 Å². The number of carbonyl (C=O) groups is 2. The van der Waals surface area contributed by atoms with Gasteiger partial charge in [-0.25, -0.2) is 4.79 Å². The molecule has 0 bridgehead atoms. The molecule has 6 heteroatoms. The van der Waals surface area contributed by atoms with Gasteiger partial charge in [0.1, 0.15) is 0 Å². The molecule has 27 heavy (non-hydrogen) atoms. The molecule has 0 spiro atoms. The first-order valence-electron chi connectivity index (χ1n) is 9.20. The first-order chi connectivity index (χ1) is 13.1. The minimum Gasteiger partial charge on any atom is -0.463 e. The Labute approximate surface area is 159 Å². The molecule has 0 saturated heterocycles. The van der Waals surface area contributed by atoms with Gasteiger partial charge in [0.2, 0.25) is 5.91 Å². The Balaban J connectivity index is 1.53. The monoisotopic (exact) mass is 367 g/mol. The number of esters is 1. The van der Waals surface area contributed by atoms with Crippen LogP contribution in [0.3, 0.4) is 0 Å². The first-order valence-corrected chi connectivity index (χ1v) is 9.20. The van der Waals surface area contributed by atoms with E-state index in [-0.39, 0.29) is 17.9 Å². The standard InChI is InChI=1S/C21H25N3O3/c1-3-27-21(26)11-8-17-6-9-18(10-7-17)22-20(25)15-24-14-13-23-12-4-5-19(23)16(24)2/h4-12,16H,3,13-15H2,1-2H3,(H,22,25)/b11-8+. The molecule has 6 nitrogen and oxygen atoms in total. The average molecular weight is 367 g/mol. The van der Waals surface area contributed by atoms with Crippen molar-refractivity contribution in [3.05, 3.63) is 59.9 Å². The summed E-state index contributed by atoms with van der Waals surface area (Å²) in [7, 11) is 0. The molecule has 1 aromatic carbocycles. The highest BCUT2D eigenvalue weighted by Crippen LogP contribution is 2.24. The molecule has 1 aliphatic rings. The molecule has 1 amide bonds. The van der Waals surface area contributed by atoms with Gasteiger partial charge in [-0.3, -0.25) is 9.69 Å². The van der Waals surface area contributed by atoms with Gasteiger partial charge in [-0.1, -0.05) is 12.1 Å². The molecular weight excluding hydrogens is 342 g/mol. The van der Waals surface area contributed by atoms with Gasteiger partial charge in [0.05, 0.1) is 13.2 Å². The summed E-state index contributed by atoms with van der Waals surface area (Å²) in [6, 6.07) is 11.7. The molecule has 2 heterocycles. The van der Waals surface area contributed by atoms with Crippen LogP contribution < -0.4 is 5.32 Å². The third-order valence-electron chi connectivity index (χ3n) is 4.71. The summed E-state index contributed by atoms with van der Waals surface area (Å²) in [6.07, 6.45) is 5.17. The fourth-order valence-corrected chi connectivity index (χ4v) is 3.26. The minimum absolute atomic E-state index is 0.0309. The molecule has 3 rings (SSSR count). The summed E-state index contributed by atoms with van der Waals surface area (Å²) in [5.74, 6) is -0.395. The number of carbonyl (C=O) groups excluding carboxylic acids is 2. The third-order valence-corrected chi connectivity index (χ3v) is 4.71. The number of fused-ring (bicyclic) bond motifs is 1. The van der Waals surface area contributed by atoms with E-state index in [0.29, 0.717) is 13.2 Å². The topological polar surface area (TPSA) is 63.6 Å². The predicted molar refractivity (Wildman–Crippen MR) is 105 cm³/mol. The van der Waals surface area contributed by atoms with E-state index < -0.39 is 0 Å². The molecule has 0 radical (unpaired) electrons. The normalized spacial score (nSPS) is 16.9. The van der Waals surface area contributed by atoms with Crippen LogP contribution in [0.5, 0.6) is 0 Å². The van der Waals surface area contributed by atoms with Crippen molar-refractivity contribution >= 4 is 23.6 Å². The van der Waals surface area contributed by atoms with Gasteiger partial charge in [0, 0.05) is 42.8 Å². The Morgan fingerprint density at radius 1 is 1.22 bits per heavy atom. The summed E-state index contributed by atoms with van der Waals surface area (Å²) < 4.78 is 7.09. The largest absolute Gasteiger partial charge is 0.463 e. The minimum atomic E-state index is -0.364. The van der Waals surface area contributed by atoms with Crippen LogP contribution >= 0.6 is 0 Å². The number of nitrogens with one attached hydrogen (secondary N) is 1. The molecule has 0 saturated carbocycles. The van der Waals surface area contributed by atoms with Gasteiger partial charge in [-0.05, 0) is 49.8 Å². The second-order valence-corrected chi connectivity index (χ2v) is 6.53. The number of anilines is 1. The average Bonchev–Trinajstić information content (AvgIpc) is 3.13. The van der Waals surface area contributed by atoms with E-state index in [1.165, 1.54) is 11.8 Å². The van der Waals surface area contributed by atoms with Crippen molar-refractivity contribution in [3.63, 3.8) is 0 Å². The Hall–Kier alpha value is -2.86. The Kier molecular flexibility index (Phi) is 6.08. The molecule has 0 aliphatic carbocycles. The van der Waals surface area contributed by atoms with Crippen molar-refractivity contribution in [2.45, 2.75) is 26.4 Å². The fraction of sp³-hybridized carbons (Fsp3) is 0.333. The number of nitrogens with zero attached hydrogens (tertiary/aromatic N) is 2. The van der Waals surface area contributed by atoms with E-state index >= 15 is 0 Å². The maximum Gasteiger partial charge on any atom is 0.330 e. The number of benzene rings is 1. The lowest BCUT2D eigenvalue weighted by atomic mass is 10.1. The van der Waals surface area contributed by atoms with Crippen molar-refractivity contribution in [2.75, 3.05) is 25.0 Å². The van der Waals surface area contributed by atoms with Crippen LogP contribution in [-0.4, -0.2) is 41.0 Å². The number of amides is 1. The maximum atomic E-state index is 12.4. The third kappa shape index (κ3) is 4.86. The zero-order valence-electron chi connectivity index (χ0n) is 15.7. The molecule has 142 valence electrons. The molecule has 1 N–H and O–H groups in total. The zero-order chi connectivity index (χ0) is 19.2. The lowest BCUT2D eigenvalue weighted by Crippen LogP contribution is -2.41. The van der Waals surface area contributed by atoms with Crippen LogP contribution in [0.25, 0.3) is 6.08 Å². The molecule has 1 aliphatic heterocycles. The van der Waals surface area contributed by atoms with Crippen molar-refractivity contribution in [2.24, 2.45) is 0 Å². The van der Waals surface area contributed by atoms with Crippen molar-refractivity contribution in [1.29, 1.82) is 0 Å². The summed E-state index contributed by atoms with van der Waals surface area (Å²) in [5.41, 5.74) is 2.85. The van der Waals surface area contributed by atoms with Gasteiger partial charge in [-0.2, -0.15) is 0 Å². The highest BCUT2D eigenvalue weighted by molar-refractivity contribution is 5.92. The quantitative estimate of drug-likeness (QED) is 0.630. The summed E-state index contributed by atoms with van der Waals surface area (Å²) in [4.78, 5) is 25.9. The maximum absolute atomic E-state index is 12.4. The summed E-state index contributed by atoms with van der Waals surface area (Å²) in [5, 5.41) is 2.94. The number of hydrogen-bond donors (Lipinski definition) is 1. The van der Waals surface area contributed by atoms with Gasteiger partial charge < -0.3 is 14.6 Å². The molecular formula is C21H25N3O3. The highest BCUT2D eigenvalue weighted by atomic mass is 16.5. The predicted octanol–water partition coefficient (Wildman–Crippen LogP) is 3.08.